The number of halogens is 1. The predicted octanol–water partition coefficient (Wildman–Crippen LogP) is 2.25. The van der Waals surface area contributed by atoms with Crippen molar-refractivity contribution in [3.63, 3.8) is 0 Å². The summed E-state index contributed by atoms with van der Waals surface area (Å²) >= 11 is 0. The third kappa shape index (κ3) is 4.05. The van der Waals surface area contributed by atoms with E-state index in [0.717, 1.165) is 11.6 Å². The van der Waals surface area contributed by atoms with Crippen molar-refractivity contribution < 1.29 is 19.4 Å². The summed E-state index contributed by atoms with van der Waals surface area (Å²) in [5.41, 5.74) is 0.781. The molecular formula is C17H18FNO3. The lowest BCUT2D eigenvalue weighted by Crippen LogP contribution is -2.42. The van der Waals surface area contributed by atoms with Crippen LogP contribution < -0.4 is 5.32 Å². The minimum Gasteiger partial charge on any atom is -0.508 e. The van der Waals surface area contributed by atoms with Crippen molar-refractivity contribution in [1.82, 2.24) is 5.32 Å². The first-order chi connectivity index (χ1) is 10.5. The SMILES string of the molecule is C[C@@H](NC(=O)c1ccc(O)cc1F)[C@@H](O)Cc1ccccc1. The van der Waals surface area contributed by atoms with E-state index in [0.29, 0.717) is 6.42 Å². The third-order valence-corrected chi connectivity index (χ3v) is 3.42. The molecule has 2 rings (SSSR count). The fourth-order valence-electron chi connectivity index (χ4n) is 2.10. The maximum absolute atomic E-state index is 13.6. The lowest BCUT2D eigenvalue weighted by Gasteiger charge is -2.20. The summed E-state index contributed by atoms with van der Waals surface area (Å²) in [7, 11) is 0. The van der Waals surface area contributed by atoms with Gasteiger partial charge in [-0.05, 0) is 24.6 Å². The van der Waals surface area contributed by atoms with Crippen molar-refractivity contribution in [2.24, 2.45) is 0 Å². The molecule has 2 aromatic carbocycles. The van der Waals surface area contributed by atoms with Gasteiger partial charge in [0.1, 0.15) is 11.6 Å². The van der Waals surface area contributed by atoms with E-state index in [1.54, 1.807) is 6.92 Å². The first-order valence-corrected chi connectivity index (χ1v) is 6.98. The minimum atomic E-state index is -0.803. The maximum Gasteiger partial charge on any atom is 0.254 e. The zero-order chi connectivity index (χ0) is 16.1. The number of hydrogen-bond acceptors (Lipinski definition) is 3. The Hall–Kier alpha value is -2.40. The molecule has 0 aliphatic carbocycles. The van der Waals surface area contributed by atoms with Gasteiger partial charge in [0.25, 0.3) is 5.91 Å². The summed E-state index contributed by atoms with van der Waals surface area (Å²) in [5.74, 6) is -1.68. The van der Waals surface area contributed by atoms with Gasteiger partial charge in [-0.3, -0.25) is 4.79 Å². The summed E-state index contributed by atoms with van der Waals surface area (Å²) < 4.78 is 13.6. The van der Waals surface area contributed by atoms with Crippen LogP contribution in [-0.2, 0) is 6.42 Å². The van der Waals surface area contributed by atoms with Gasteiger partial charge in [-0.1, -0.05) is 30.3 Å². The van der Waals surface area contributed by atoms with Gasteiger partial charge in [0, 0.05) is 12.5 Å². The minimum absolute atomic E-state index is 0.170. The fraction of sp³-hybridized carbons (Fsp3) is 0.235. The largest absolute Gasteiger partial charge is 0.508 e. The van der Waals surface area contributed by atoms with Gasteiger partial charge in [-0.25, -0.2) is 4.39 Å². The van der Waals surface area contributed by atoms with Crippen molar-refractivity contribution in [1.29, 1.82) is 0 Å². The molecular weight excluding hydrogens is 285 g/mol. The molecule has 0 bridgehead atoms. The van der Waals surface area contributed by atoms with Crippen molar-refractivity contribution in [2.75, 3.05) is 0 Å². The van der Waals surface area contributed by atoms with Gasteiger partial charge >= 0.3 is 0 Å². The van der Waals surface area contributed by atoms with Crippen LogP contribution in [0.4, 0.5) is 4.39 Å². The van der Waals surface area contributed by atoms with Gasteiger partial charge in [-0.15, -0.1) is 0 Å². The third-order valence-electron chi connectivity index (χ3n) is 3.42. The van der Waals surface area contributed by atoms with Crippen LogP contribution in [0.15, 0.2) is 48.5 Å². The number of aliphatic hydroxyl groups excluding tert-OH is 1. The second-order valence-corrected chi connectivity index (χ2v) is 5.18. The predicted molar refractivity (Wildman–Crippen MR) is 81.1 cm³/mol. The Bertz CT molecular complexity index is 646. The number of phenolic OH excluding ortho intramolecular Hbond substituents is 1. The van der Waals surface area contributed by atoms with Crippen molar-refractivity contribution in [2.45, 2.75) is 25.5 Å². The molecule has 0 aliphatic heterocycles. The smallest absolute Gasteiger partial charge is 0.254 e. The van der Waals surface area contributed by atoms with Crippen LogP contribution in [0.3, 0.4) is 0 Å². The molecule has 0 unspecified atom stereocenters. The Labute approximate surface area is 128 Å². The molecule has 0 saturated heterocycles. The summed E-state index contributed by atoms with van der Waals surface area (Å²) in [6.45, 7) is 1.66. The highest BCUT2D eigenvalue weighted by atomic mass is 19.1. The van der Waals surface area contributed by atoms with E-state index in [9.17, 15) is 14.3 Å². The van der Waals surface area contributed by atoms with Crippen molar-refractivity contribution >= 4 is 5.91 Å². The van der Waals surface area contributed by atoms with E-state index >= 15 is 0 Å². The van der Waals surface area contributed by atoms with Gasteiger partial charge in [0.15, 0.2) is 0 Å². The zero-order valence-corrected chi connectivity index (χ0v) is 12.2. The second kappa shape index (κ2) is 7.04. The average Bonchev–Trinajstić information content (AvgIpc) is 2.47. The normalized spacial score (nSPS) is 13.4. The molecule has 0 aliphatic rings. The molecule has 1 amide bonds. The Morgan fingerprint density at radius 2 is 1.91 bits per heavy atom. The van der Waals surface area contributed by atoms with E-state index in [4.69, 9.17) is 5.11 Å². The van der Waals surface area contributed by atoms with Crippen LogP contribution in [0, 0.1) is 5.82 Å². The van der Waals surface area contributed by atoms with Gasteiger partial charge < -0.3 is 15.5 Å². The van der Waals surface area contributed by atoms with Crippen LogP contribution in [0.2, 0.25) is 0 Å². The topological polar surface area (TPSA) is 69.6 Å². The van der Waals surface area contributed by atoms with E-state index < -0.39 is 23.9 Å². The van der Waals surface area contributed by atoms with E-state index in [1.165, 1.54) is 12.1 Å². The van der Waals surface area contributed by atoms with Crippen molar-refractivity contribution in [3.8, 4) is 5.75 Å². The molecule has 4 nitrogen and oxygen atoms in total. The monoisotopic (exact) mass is 303 g/mol. The van der Waals surface area contributed by atoms with E-state index in [2.05, 4.69) is 5.32 Å². The summed E-state index contributed by atoms with van der Waals surface area (Å²) in [4.78, 5) is 12.0. The average molecular weight is 303 g/mol. The maximum atomic E-state index is 13.6. The van der Waals surface area contributed by atoms with E-state index in [1.807, 2.05) is 30.3 Å². The number of phenols is 1. The lowest BCUT2D eigenvalue weighted by molar-refractivity contribution is 0.0848. The van der Waals surface area contributed by atoms with Gasteiger partial charge in [-0.2, -0.15) is 0 Å². The highest BCUT2D eigenvalue weighted by Crippen LogP contribution is 2.15. The van der Waals surface area contributed by atoms with Gasteiger partial charge in [0.05, 0.1) is 17.7 Å². The Morgan fingerprint density at radius 1 is 1.23 bits per heavy atom. The molecule has 0 saturated carbocycles. The molecule has 3 N–H and O–H groups in total. The Kier molecular flexibility index (Phi) is 5.12. The van der Waals surface area contributed by atoms with Crippen LogP contribution in [0.1, 0.15) is 22.8 Å². The number of carbonyl (C=O) groups is 1. The number of nitrogens with one attached hydrogen (secondary N) is 1. The first-order valence-electron chi connectivity index (χ1n) is 6.98. The van der Waals surface area contributed by atoms with Crippen LogP contribution in [0.5, 0.6) is 5.75 Å². The zero-order valence-electron chi connectivity index (χ0n) is 12.2. The number of carbonyl (C=O) groups excluding carboxylic acids is 1. The molecule has 0 aromatic heterocycles. The summed E-state index contributed by atoms with van der Waals surface area (Å²) in [5, 5.41) is 21.8. The molecule has 2 atom stereocenters. The number of rotatable bonds is 5. The summed E-state index contributed by atoms with van der Waals surface area (Å²) in [6, 6.07) is 12.2. The highest BCUT2D eigenvalue weighted by Gasteiger charge is 2.19. The van der Waals surface area contributed by atoms with Gasteiger partial charge in [0.2, 0.25) is 0 Å². The number of aromatic hydroxyl groups is 1. The first kappa shape index (κ1) is 16.0. The highest BCUT2D eigenvalue weighted by molar-refractivity contribution is 5.94. The molecule has 2 aromatic rings. The molecule has 0 fully saturated rings. The quantitative estimate of drug-likeness (QED) is 0.793. The van der Waals surface area contributed by atoms with Crippen LogP contribution in [0.25, 0.3) is 0 Å². The molecule has 22 heavy (non-hydrogen) atoms. The van der Waals surface area contributed by atoms with Crippen LogP contribution in [-0.4, -0.2) is 28.3 Å². The Morgan fingerprint density at radius 3 is 2.55 bits per heavy atom. The standard InChI is InChI=1S/C17H18FNO3/c1-11(16(21)9-12-5-3-2-4-6-12)19-17(22)14-8-7-13(20)10-15(14)18/h2-8,10-11,16,20-21H,9H2,1H3,(H,19,22)/t11-,16+/m1/s1. The molecule has 0 heterocycles. The Balaban J connectivity index is 1.98. The lowest BCUT2D eigenvalue weighted by atomic mass is 10.0. The second-order valence-electron chi connectivity index (χ2n) is 5.18. The number of aliphatic hydroxyl groups is 1. The fourth-order valence-corrected chi connectivity index (χ4v) is 2.10. The molecule has 116 valence electrons. The number of amides is 1. The number of hydrogen-bond donors (Lipinski definition) is 3. The van der Waals surface area contributed by atoms with Crippen LogP contribution >= 0.6 is 0 Å². The molecule has 5 heteroatoms. The molecule has 0 spiro atoms. The van der Waals surface area contributed by atoms with Crippen molar-refractivity contribution in [3.05, 3.63) is 65.5 Å². The number of benzene rings is 2. The molecule has 0 radical (unpaired) electrons. The van der Waals surface area contributed by atoms with E-state index in [-0.39, 0.29) is 11.3 Å². The summed E-state index contributed by atoms with van der Waals surface area (Å²) in [6.07, 6.45) is -0.396.